The number of rotatable bonds is 0. The van der Waals surface area contributed by atoms with Gasteiger partial charge in [-0.1, -0.05) is 0 Å². The highest BCUT2D eigenvalue weighted by Gasteiger charge is 2.42. The Bertz CT molecular complexity index is 371. The fourth-order valence-corrected chi connectivity index (χ4v) is 1.24. The van der Waals surface area contributed by atoms with Crippen molar-refractivity contribution in [1.82, 2.24) is 9.78 Å². The topological polar surface area (TPSA) is 17.8 Å². The largest absolute Gasteiger partial charge is 0.436 e. The second-order valence-corrected chi connectivity index (χ2v) is 4.33. The molecule has 0 aliphatic heterocycles. The molecular formula is C9H12F4N2. The second kappa shape index (κ2) is 3.21. The normalized spacial score (nSPS) is 13.3. The first-order chi connectivity index (χ1) is 6.55. The van der Waals surface area contributed by atoms with Gasteiger partial charge in [-0.05, 0) is 27.7 Å². The van der Waals surface area contributed by atoms with E-state index in [4.69, 9.17) is 0 Å². The van der Waals surface area contributed by atoms with Crippen molar-refractivity contribution in [3.63, 3.8) is 0 Å². The summed E-state index contributed by atoms with van der Waals surface area (Å²) in [6.45, 7) is 5.82. The van der Waals surface area contributed by atoms with Crippen molar-refractivity contribution in [2.45, 2.75) is 39.4 Å². The standard InChI is InChI=1S/C9H12F4N2/c1-5-6(10)7(9(11,12)13)15(14-5)8(2,3)4/h1-4H3. The van der Waals surface area contributed by atoms with Crippen molar-refractivity contribution in [3.8, 4) is 0 Å². The van der Waals surface area contributed by atoms with Crippen LogP contribution in [0.2, 0.25) is 0 Å². The van der Waals surface area contributed by atoms with Crippen molar-refractivity contribution >= 4 is 0 Å². The molecule has 0 aromatic carbocycles. The van der Waals surface area contributed by atoms with Crippen LogP contribution in [-0.4, -0.2) is 9.78 Å². The van der Waals surface area contributed by atoms with Gasteiger partial charge in [0.1, 0.15) is 0 Å². The molecule has 0 unspecified atom stereocenters. The van der Waals surface area contributed by atoms with E-state index in [1.165, 1.54) is 27.7 Å². The zero-order chi connectivity index (χ0) is 12.0. The molecule has 0 aliphatic rings. The minimum absolute atomic E-state index is 0.239. The fraction of sp³-hybridized carbons (Fsp3) is 0.667. The summed E-state index contributed by atoms with van der Waals surface area (Å²) in [5.74, 6) is -1.29. The molecule has 1 heterocycles. The summed E-state index contributed by atoms with van der Waals surface area (Å²) in [5, 5.41) is 3.57. The molecule has 2 nitrogen and oxygen atoms in total. The number of halogens is 4. The molecule has 0 N–H and O–H groups in total. The van der Waals surface area contributed by atoms with Crippen molar-refractivity contribution in [3.05, 3.63) is 17.2 Å². The van der Waals surface area contributed by atoms with E-state index in [0.29, 0.717) is 4.68 Å². The van der Waals surface area contributed by atoms with Crippen LogP contribution in [0.25, 0.3) is 0 Å². The maximum absolute atomic E-state index is 13.2. The summed E-state index contributed by atoms with van der Waals surface area (Å²) in [6, 6.07) is 0. The Hall–Kier alpha value is -1.07. The molecule has 0 fully saturated rings. The van der Waals surface area contributed by atoms with Gasteiger partial charge in [-0.3, -0.25) is 4.68 Å². The van der Waals surface area contributed by atoms with Gasteiger partial charge in [0.05, 0.1) is 11.2 Å². The monoisotopic (exact) mass is 224 g/mol. The van der Waals surface area contributed by atoms with E-state index in [1.807, 2.05) is 0 Å². The molecule has 15 heavy (non-hydrogen) atoms. The Balaban J connectivity index is 3.48. The molecule has 0 amide bonds. The van der Waals surface area contributed by atoms with E-state index in [-0.39, 0.29) is 5.69 Å². The van der Waals surface area contributed by atoms with E-state index in [0.717, 1.165) is 0 Å². The maximum Gasteiger partial charge on any atom is 0.436 e. The molecule has 0 saturated carbocycles. The van der Waals surface area contributed by atoms with Crippen LogP contribution in [-0.2, 0) is 11.7 Å². The van der Waals surface area contributed by atoms with Crippen LogP contribution in [0.1, 0.15) is 32.2 Å². The van der Waals surface area contributed by atoms with E-state index < -0.39 is 23.2 Å². The molecule has 0 aliphatic carbocycles. The number of aryl methyl sites for hydroxylation is 1. The number of aromatic nitrogens is 2. The molecule has 1 aromatic heterocycles. The number of hydrogen-bond acceptors (Lipinski definition) is 1. The minimum atomic E-state index is -4.72. The van der Waals surface area contributed by atoms with Gasteiger partial charge < -0.3 is 0 Å². The lowest BCUT2D eigenvalue weighted by Gasteiger charge is -2.23. The van der Waals surface area contributed by atoms with Gasteiger partial charge in [0.25, 0.3) is 0 Å². The van der Waals surface area contributed by atoms with Crippen molar-refractivity contribution in [1.29, 1.82) is 0 Å². The molecule has 6 heteroatoms. The minimum Gasteiger partial charge on any atom is -0.252 e. The predicted molar refractivity (Wildman–Crippen MR) is 46.9 cm³/mol. The van der Waals surface area contributed by atoms with Gasteiger partial charge in [0.15, 0.2) is 11.5 Å². The van der Waals surface area contributed by atoms with Crippen LogP contribution in [0.15, 0.2) is 0 Å². The van der Waals surface area contributed by atoms with Crippen LogP contribution >= 0.6 is 0 Å². The Morgan fingerprint density at radius 3 is 1.87 bits per heavy atom. The Morgan fingerprint density at radius 2 is 1.60 bits per heavy atom. The third-order valence-corrected chi connectivity index (χ3v) is 1.89. The smallest absolute Gasteiger partial charge is 0.252 e. The Kier molecular flexibility index (Phi) is 2.57. The third-order valence-electron chi connectivity index (χ3n) is 1.89. The number of alkyl halides is 3. The maximum atomic E-state index is 13.2. The molecule has 0 atom stereocenters. The van der Waals surface area contributed by atoms with Crippen LogP contribution in [0.5, 0.6) is 0 Å². The molecule has 1 aromatic rings. The molecular weight excluding hydrogens is 212 g/mol. The Labute approximate surface area is 84.9 Å². The van der Waals surface area contributed by atoms with Crippen molar-refractivity contribution in [2.24, 2.45) is 0 Å². The summed E-state index contributed by atoms with van der Waals surface area (Å²) >= 11 is 0. The summed E-state index contributed by atoms with van der Waals surface area (Å²) in [6.07, 6.45) is -4.72. The lowest BCUT2D eigenvalue weighted by molar-refractivity contribution is -0.148. The summed E-state index contributed by atoms with van der Waals surface area (Å²) in [4.78, 5) is 0. The van der Waals surface area contributed by atoms with Crippen LogP contribution in [0.3, 0.4) is 0 Å². The summed E-state index contributed by atoms with van der Waals surface area (Å²) in [5.41, 5.74) is -2.45. The highest BCUT2D eigenvalue weighted by Crippen LogP contribution is 2.35. The molecule has 0 saturated heterocycles. The van der Waals surface area contributed by atoms with Crippen LogP contribution in [0.4, 0.5) is 17.6 Å². The summed E-state index contributed by atoms with van der Waals surface area (Å²) < 4.78 is 51.6. The highest BCUT2D eigenvalue weighted by molar-refractivity contribution is 5.17. The first-order valence-corrected chi connectivity index (χ1v) is 4.38. The average Bonchev–Trinajstić information content (AvgIpc) is 2.25. The van der Waals surface area contributed by atoms with E-state index in [9.17, 15) is 17.6 Å². The van der Waals surface area contributed by atoms with Gasteiger partial charge in [-0.25, -0.2) is 4.39 Å². The lowest BCUT2D eigenvalue weighted by Crippen LogP contribution is -2.29. The van der Waals surface area contributed by atoms with E-state index in [2.05, 4.69) is 5.10 Å². The van der Waals surface area contributed by atoms with Crippen LogP contribution < -0.4 is 0 Å². The SMILES string of the molecule is Cc1nn(C(C)(C)C)c(C(F)(F)F)c1F. The van der Waals surface area contributed by atoms with Gasteiger partial charge in [-0.15, -0.1) is 0 Å². The van der Waals surface area contributed by atoms with E-state index in [1.54, 1.807) is 0 Å². The molecule has 1 rings (SSSR count). The van der Waals surface area contributed by atoms with Gasteiger partial charge >= 0.3 is 6.18 Å². The summed E-state index contributed by atoms with van der Waals surface area (Å²) in [7, 11) is 0. The first kappa shape index (κ1) is 12.0. The van der Waals surface area contributed by atoms with Crippen molar-refractivity contribution in [2.75, 3.05) is 0 Å². The number of hydrogen-bond donors (Lipinski definition) is 0. The average molecular weight is 224 g/mol. The van der Waals surface area contributed by atoms with Gasteiger partial charge in [0, 0.05) is 0 Å². The van der Waals surface area contributed by atoms with Gasteiger partial charge in [-0.2, -0.15) is 18.3 Å². The zero-order valence-corrected chi connectivity index (χ0v) is 8.91. The predicted octanol–water partition coefficient (Wildman–Crippen LogP) is 3.10. The first-order valence-electron chi connectivity index (χ1n) is 4.38. The molecule has 0 bridgehead atoms. The lowest BCUT2D eigenvalue weighted by atomic mass is 10.1. The Morgan fingerprint density at radius 1 is 1.13 bits per heavy atom. The van der Waals surface area contributed by atoms with E-state index >= 15 is 0 Å². The van der Waals surface area contributed by atoms with Crippen LogP contribution in [0, 0.1) is 12.7 Å². The molecule has 0 radical (unpaired) electrons. The quantitative estimate of drug-likeness (QED) is 0.619. The molecule has 0 spiro atoms. The number of nitrogens with zero attached hydrogens (tertiary/aromatic N) is 2. The zero-order valence-electron chi connectivity index (χ0n) is 8.91. The fourth-order valence-electron chi connectivity index (χ4n) is 1.24. The second-order valence-electron chi connectivity index (χ2n) is 4.33. The van der Waals surface area contributed by atoms with Gasteiger partial charge in [0.2, 0.25) is 0 Å². The highest BCUT2D eigenvalue weighted by atomic mass is 19.4. The van der Waals surface area contributed by atoms with Crippen molar-refractivity contribution < 1.29 is 17.6 Å². The molecule has 86 valence electrons. The third kappa shape index (κ3) is 2.13.